The Morgan fingerprint density at radius 2 is 1.93 bits per heavy atom. The molecule has 1 amide bonds. The van der Waals surface area contributed by atoms with Crippen molar-refractivity contribution in [3.63, 3.8) is 0 Å². The van der Waals surface area contributed by atoms with Crippen molar-refractivity contribution in [2.24, 2.45) is 0 Å². The Kier molecular flexibility index (Phi) is 6.26. The molecule has 7 heteroatoms. The fraction of sp³-hybridized carbons (Fsp3) is 0.238. The smallest absolute Gasteiger partial charge is 0.234 e. The lowest BCUT2D eigenvalue weighted by Gasteiger charge is -2.13. The summed E-state index contributed by atoms with van der Waals surface area (Å²) in [7, 11) is 3.14. The van der Waals surface area contributed by atoms with Gasteiger partial charge in [-0.25, -0.2) is 4.98 Å². The number of methoxy groups -OCH3 is 2. The highest BCUT2D eigenvalue weighted by atomic mass is 32.2. The van der Waals surface area contributed by atoms with Crippen LogP contribution in [0.4, 0.5) is 5.69 Å². The molecule has 3 aromatic rings. The molecule has 0 atom stereocenters. The Bertz CT molecular complexity index is 985. The third-order valence-corrected chi connectivity index (χ3v) is 5.41. The van der Waals surface area contributed by atoms with Crippen LogP contribution in [0.5, 0.6) is 11.5 Å². The van der Waals surface area contributed by atoms with Crippen LogP contribution < -0.4 is 14.8 Å². The Hall–Kier alpha value is -2.93. The number of nitrogens with zero attached hydrogens (tertiary/aromatic N) is 2. The zero-order valence-electron chi connectivity index (χ0n) is 16.4. The molecule has 1 heterocycles. The molecule has 0 fully saturated rings. The summed E-state index contributed by atoms with van der Waals surface area (Å²) >= 11 is 1.39. The van der Waals surface area contributed by atoms with Crippen molar-refractivity contribution < 1.29 is 14.3 Å². The van der Waals surface area contributed by atoms with E-state index in [1.165, 1.54) is 22.9 Å². The molecule has 0 spiro atoms. The minimum absolute atomic E-state index is 0.118. The highest BCUT2D eigenvalue weighted by molar-refractivity contribution is 7.99. The van der Waals surface area contributed by atoms with E-state index in [4.69, 9.17) is 9.47 Å². The quantitative estimate of drug-likeness (QED) is 0.604. The lowest BCUT2D eigenvalue weighted by Crippen LogP contribution is -2.14. The predicted octanol–water partition coefficient (Wildman–Crippen LogP) is 4.24. The van der Waals surface area contributed by atoms with Crippen molar-refractivity contribution >= 4 is 23.4 Å². The first kappa shape index (κ1) is 19.8. The largest absolute Gasteiger partial charge is 0.493 e. The molecule has 0 aliphatic rings. The van der Waals surface area contributed by atoms with Gasteiger partial charge in [-0.1, -0.05) is 23.9 Å². The van der Waals surface area contributed by atoms with Crippen LogP contribution >= 0.6 is 11.8 Å². The molecular formula is C21H23N3O3S. The van der Waals surface area contributed by atoms with E-state index in [2.05, 4.69) is 36.3 Å². The van der Waals surface area contributed by atoms with E-state index in [9.17, 15) is 4.79 Å². The van der Waals surface area contributed by atoms with E-state index in [0.29, 0.717) is 17.2 Å². The molecule has 28 heavy (non-hydrogen) atoms. The number of rotatable bonds is 7. The lowest BCUT2D eigenvalue weighted by atomic mass is 10.1. The number of hydrogen-bond donors (Lipinski definition) is 1. The number of aryl methyl sites for hydroxylation is 1. The van der Waals surface area contributed by atoms with Crippen LogP contribution in [-0.4, -0.2) is 35.4 Å². The number of ether oxygens (including phenoxy) is 2. The summed E-state index contributed by atoms with van der Waals surface area (Å²) in [4.78, 5) is 16.8. The molecular weight excluding hydrogens is 374 g/mol. The van der Waals surface area contributed by atoms with E-state index in [-0.39, 0.29) is 11.7 Å². The van der Waals surface area contributed by atoms with Crippen molar-refractivity contribution in [1.29, 1.82) is 0 Å². The molecule has 146 valence electrons. The number of carbonyl (C=O) groups is 1. The second kappa shape index (κ2) is 8.84. The number of aromatic nitrogens is 2. The van der Waals surface area contributed by atoms with Gasteiger partial charge in [0.2, 0.25) is 5.91 Å². The van der Waals surface area contributed by atoms with Gasteiger partial charge in [0.05, 0.1) is 25.7 Å². The second-order valence-corrected chi connectivity index (χ2v) is 7.15. The van der Waals surface area contributed by atoms with Gasteiger partial charge in [0.25, 0.3) is 0 Å². The summed E-state index contributed by atoms with van der Waals surface area (Å²) in [6.45, 7) is 4.17. The third kappa shape index (κ3) is 4.31. The Morgan fingerprint density at radius 1 is 1.14 bits per heavy atom. The number of carbonyl (C=O) groups excluding carboxylic acids is 1. The van der Waals surface area contributed by atoms with Crippen molar-refractivity contribution in [1.82, 2.24) is 9.55 Å². The lowest BCUT2D eigenvalue weighted by molar-refractivity contribution is -0.113. The second-order valence-electron chi connectivity index (χ2n) is 6.21. The SMILES string of the molecule is COc1ccc(NC(=O)CSc2nccn2-c2cccc(C)c2C)cc1OC. The topological polar surface area (TPSA) is 65.4 Å². The van der Waals surface area contributed by atoms with E-state index >= 15 is 0 Å². The Labute approximate surface area is 168 Å². The summed E-state index contributed by atoms with van der Waals surface area (Å²) in [5.74, 6) is 1.31. The molecule has 0 saturated carbocycles. The number of amides is 1. The van der Waals surface area contributed by atoms with Crippen LogP contribution in [0.3, 0.4) is 0 Å². The summed E-state index contributed by atoms with van der Waals surface area (Å²) < 4.78 is 12.5. The molecule has 0 aliphatic carbocycles. The number of nitrogens with one attached hydrogen (secondary N) is 1. The summed E-state index contributed by atoms with van der Waals surface area (Å²) in [6, 6.07) is 11.4. The zero-order valence-corrected chi connectivity index (χ0v) is 17.2. The van der Waals surface area contributed by atoms with Gasteiger partial charge in [-0.15, -0.1) is 0 Å². The molecule has 6 nitrogen and oxygen atoms in total. The number of imidazole rings is 1. The van der Waals surface area contributed by atoms with Crippen LogP contribution in [0.2, 0.25) is 0 Å². The minimum atomic E-state index is -0.118. The fourth-order valence-electron chi connectivity index (χ4n) is 2.82. The molecule has 0 radical (unpaired) electrons. The first-order valence-electron chi connectivity index (χ1n) is 8.78. The molecule has 0 aliphatic heterocycles. The van der Waals surface area contributed by atoms with Gasteiger partial charge < -0.3 is 14.8 Å². The van der Waals surface area contributed by atoms with Gasteiger partial charge in [-0.2, -0.15) is 0 Å². The average Bonchev–Trinajstić information content (AvgIpc) is 3.16. The first-order chi connectivity index (χ1) is 13.5. The van der Waals surface area contributed by atoms with Gasteiger partial charge in [-0.05, 0) is 43.2 Å². The van der Waals surface area contributed by atoms with Crippen molar-refractivity contribution in [2.75, 3.05) is 25.3 Å². The van der Waals surface area contributed by atoms with E-state index in [1.807, 2.05) is 16.8 Å². The third-order valence-electron chi connectivity index (χ3n) is 4.44. The maximum absolute atomic E-state index is 12.4. The number of anilines is 1. The number of thioether (sulfide) groups is 1. The van der Waals surface area contributed by atoms with Crippen LogP contribution in [0.1, 0.15) is 11.1 Å². The van der Waals surface area contributed by atoms with Crippen LogP contribution in [-0.2, 0) is 4.79 Å². The molecule has 0 saturated heterocycles. The van der Waals surface area contributed by atoms with Gasteiger partial charge in [0.1, 0.15) is 0 Å². The maximum Gasteiger partial charge on any atom is 0.234 e. The molecule has 0 bridgehead atoms. The van der Waals surface area contributed by atoms with Crippen LogP contribution in [0, 0.1) is 13.8 Å². The monoisotopic (exact) mass is 397 g/mol. The van der Waals surface area contributed by atoms with Crippen molar-refractivity contribution in [3.05, 3.63) is 59.9 Å². The molecule has 0 unspecified atom stereocenters. The van der Waals surface area contributed by atoms with E-state index in [1.54, 1.807) is 38.6 Å². The van der Waals surface area contributed by atoms with Crippen molar-refractivity contribution in [2.45, 2.75) is 19.0 Å². The maximum atomic E-state index is 12.4. The molecule has 1 aromatic heterocycles. The average molecular weight is 398 g/mol. The van der Waals surface area contributed by atoms with E-state index in [0.717, 1.165) is 10.8 Å². The normalized spacial score (nSPS) is 10.6. The summed E-state index contributed by atoms with van der Waals surface area (Å²) in [5, 5.41) is 3.65. The minimum Gasteiger partial charge on any atom is -0.493 e. The van der Waals surface area contributed by atoms with E-state index < -0.39 is 0 Å². The van der Waals surface area contributed by atoms with Crippen molar-refractivity contribution in [3.8, 4) is 17.2 Å². The van der Waals surface area contributed by atoms with Crippen LogP contribution in [0.15, 0.2) is 53.9 Å². The fourth-order valence-corrected chi connectivity index (χ4v) is 3.58. The number of benzene rings is 2. The molecule has 1 N–H and O–H groups in total. The highest BCUT2D eigenvalue weighted by Crippen LogP contribution is 2.30. The number of hydrogen-bond acceptors (Lipinski definition) is 5. The van der Waals surface area contributed by atoms with Gasteiger partial charge in [0.15, 0.2) is 16.7 Å². The van der Waals surface area contributed by atoms with Crippen LogP contribution in [0.25, 0.3) is 5.69 Å². The Morgan fingerprint density at radius 3 is 2.68 bits per heavy atom. The highest BCUT2D eigenvalue weighted by Gasteiger charge is 2.12. The van der Waals surface area contributed by atoms with Gasteiger partial charge in [0, 0.05) is 24.1 Å². The zero-order chi connectivity index (χ0) is 20.1. The van der Waals surface area contributed by atoms with Gasteiger partial charge in [-0.3, -0.25) is 9.36 Å². The standard InChI is InChI=1S/C21H23N3O3S/c1-14-6-5-7-17(15(14)2)24-11-10-22-21(24)28-13-20(25)23-16-8-9-18(26-3)19(12-16)27-4/h5-12H,13H2,1-4H3,(H,23,25). The summed E-state index contributed by atoms with van der Waals surface area (Å²) in [5.41, 5.74) is 4.13. The molecule has 2 aromatic carbocycles. The summed E-state index contributed by atoms with van der Waals surface area (Å²) in [6.07, 6.45) is 3.66. The molecule has 3 rings (SSSR count). The first-order valence-corrected chi connectivity index (χ1v) is 9.76. The van der Waals surface area contributed by atoms with Gasteiger partial charge >= 0.3 is 0 Å². The Balaban J connectivity index is 1.68. The predicted molar refractivity (Wildman–Crippen MR) is 112 cm³/mol.